The highest BCUT2D eigenvalue weighted by atomic mass is 35.5. The largest absolute Gasteiger partial charge is 0.481 e. The normalized spacial score (nSPS) is 26.9. The predicted octanol–water partition coefficient (Wildman–Crippen LogP) is 1.94. The molecule has 4 nitrogen and oxygen atoms in total. The van der Waals surface area contributed by atoms with E-state index in [9.17, 15) is 13.2 Å². The molecule has 0 unspecified atom stereocenters. The van der Waals surface area contributed by atoms with Crippen molar-refractivity contribution >= 4 is 27.4 Å². The summed E-state index contributed by atoms with van der Waals surface area (Å²) in [4.78, 5) is 11.1. The lowest BCUT2D eigenvalue weighted by Crippen LogP contribution is -2.14. The summed E-state index contributed by atoms with van der Waals surface area (Å²) >= 11 is 5.75. The zero-order chi connectivity index (χ0) is 13.5. The molecule has 1 saturated carbocycles. The van der Waals surface area contributed by atoms with Gasteiger partial charge < -0.3 is 5.11 Å². The van der Waals surface area contributed by atoms with Crippen LogP contribution in [-0.2, 0) is 14.6 Å². The molecule has 3 atom stereocenters. The molecule has 0 heterocycles. The molecule has 1 aromatic rings. The molecule has 0 amide bonds. The first-order valence-electron chi connectivity index (χ1n) is 5.58. The number of carboxylic acids is 1. The van der Waals surface area contributed by atoms with Gasteiger partial charge in [0.2, 0.25) is 0 Å². The number of carbonyl (C=O) groups is 1. The van der Waals surface area contributed by atoms with Crippen LogP contribution < -0.4 is 0 Å². The van der Waals surface area contributed by atoms with Crippen LogP contribution in [-0.4, -0.2) is 30.5 Å². The average Bonchev–Trinajstić information content (AvgIpc) is 3.06. The summed E-state index contributed by atoms with van der Waals surface area (Å²) in [5.74, 6) is -2.39. The van der Waals surface area contributed by atoms with Crippen molar-refractivity contribution < 1.29 is 18.3 Å². The second-order valence-electron chi connectivity index (χ2n) is 4.36. The molecule has 0 radical (unpaired) electrons. The highest BCUT2D eigenvalue weighted by molar-refractivity contribution is 7.92. The van der Waals surface area contributed by atoms with Gasteiger partial charge in [0.05, 0.1) is 11.2 Å². The van der Waals surface area contributed by atoms with Gasteiger partial charge in [-0.3, -0.25) is 4.79 Å². The quantitative estimate of drug-likeness (QED) is 0.919. The van der Waals surface area contributed by atoms with Crippen molar-refractivity contribution in [1.82, 2.24) is 0 Å². The summed E-state index contributed by atoms with van der Waals surface area (Å²) in [5.41, 5.74) is 0.717. The van der Waals surface area contributed by atoms with E-state index >= 15 is 0 Å². The van der Waals surface area contributed by atoms with Gasteiger partial charge in [-0.25, -0.2) is 8.42 Å². The zero-order valence-corrected chi connectivity index (χ0v) is 11.3. The van der Waals surface area contributed by atoms with E-state index in [-0.39, 0.29) is 5.75 Å². The van der Waals surface area contributed by atoms with Crippen LogP contribution in [0.2, 0.25) is 5.02 Å². The van der Waals surface area contributed by atoms with E-state index in [0.29, 0.717) is 10.6 Å². The third-order valence-corrected chi connectivity index (χ3v) is 5.78. The molecule has 1 N–H and O–H groups in total. The minimum Gasteiger partial charge on any atom is -0.481 e. The van der Waals surface area contributed by atoms with Gasteiger partial charge in [-0.1, -0.05) is 30.7 Å². The number of halogens is 1. The van der Waals surface area contributed by atoms with Crippen molar-refractivity contribution in [2.45, 2.75) is 18.1 Å². The van der Waals surface area contributed by atoms with Crippen LogP contribution in [0.5, 0.6) is 0 Å². The Bertz CT molecular complexity index is 564. The molecule has 0 spiro atoms. The maximum absolute atomic E-state index is 11.8. The number of sulfone groups is 1. The van der Waals surface area contributed by atoms with Crippen molar-refractivity contribution in [2.75, 3.05) is 5.75 Å². The Balaban J connectivity index is 2.33. The molecule has 0 aromatic heterocycles. The summed E-state index contributed by atoms with van der Waals surface area (Å²) in [5, 5.41) is 8.82. The lowest BCUT2D eigenvalue weighted by molar-refractivity contribution is -0.138. The van der Waals surface area contributed by atoms with Crippen molar-refractivity contribution in [1.29, 1.82) is 0 Å². The zero-order valence-electron chi connectivity index (χ0n) is 9.71. The fourth-order valence-electron chi connectivity index (χ4n) is 2.30. The summed E-state index contributed by atoms with van der Waals surface area (Å²) in [6.07, 6.45) is 0. The molecule has 0 bridgehead atoms. The number of hydrogen-bond donors (Lipinski definition) is 1. The van der Waals surface area contributed by atoms with Crippen LogP contribution in [0.25, 0.3) is 0 Å². The lowest BCUT2D eigenvalue weighted by Gasteiger charge is -2.00. The molecule has 1 aliphatic rings. The Kier molecular flexibility index (Phi) is 3.38. The van der Waals surface area contributed by atoms with Gasteiger partial charge in [-0.15, -0.1) is 0 Å². The summed E-state index contributed by atoms with van der Waals surface area (Å²) in [7, 11) is -3.34. The molecular formula is C12H13ClO4S. The fourth-order valence-corrected chi connectivity index (χ4v) is 4.22. The molecule has 98 valence electrons. The summed E-state index contributed by atoms with van der Waals surface area (Å²) in [6, 6.07) is 6.66. The minimum absolute atomic E-state index is 0.0362. The Morgan fingerprint density at radius 3 is 2.33 bits per heavy atom. The first-order valence-corrected chi connectivity index (χ1v) is 7.67. The highest BCUT2D eigenvalue weighted by Gasteiger charge is 2.62. The molecule has 1 aliphatic carbocycles. The Morgan fingerprint density at radius 2 is 1.89 bits per heavy atom. The van der Waals surface area contributed by atoms with E-state index in [1.54, 1.807) is 24.3 Å². The standard InChI is InChI=1S/C12H13ClO4S/c1-2-18(16,17)11-9(10(11)12(14)15)7-3-5-8(13)6-4-7/h3-6,9-11H,2H2,1H3,(H,14,15)/t9-,10+,11+/m0/s1. The van der Waals surface area contributed by atoms with Crippen LogP contribution in [0.15, 0.2) is 24.3 Å². The van der Waals surface area contributed by atoms with Crippen molar-refractivity contribution in [3.8, 4) is 0 Å². The average molecular weight is 289 g/mol. The molecule has 1 fully saturated rings. The van der Waals surface area contributed by atoms with Gasteiger partial charge in [0.15, 0.2) is 9.84 Å². The van der Waals surface area contributed by atoms with E-state index in [2.05, 4.69) is 0 Å². The van der Waals surface area contributed by atoms with E-state index in [0.717, 1.165) is 0 Å². The maximum Gasteiger partial charge on any atom is 0.308 e. The SMILES string of the molecule is CCS(=O)(=O)[C@H]1[C@H](C(=O)O)[C@@H]1c1ccc(Cl)cc1. The van der Waals surface area contributed by atoms with Crippen LogP contribution in [0.4, 0.5) is 0 Å². The van der Waals surface area contributed by atoms with Gasteiger partial charge >= 0.3 is 5.97 Å². The van der Waals surface area contributed by atoms with Gasteiger partial charge in [0, 0.05) is 16.7 Å². The van der Waals surface area contributed by atoms with Crippen LogP contribution in [0.1, 0.15) is 18.4 Å². The molecule has 6 heteroatoms. The van der Waals surface area contributed by atoms with Crippen LogP contribution in [0, 0.1) is 5.92 Å². The van der Waals surface area contributed by atoms with Crippen molar-refractivity contribution in [3.05, 3.63) is 34.9 Å². The molecule has 18 heavy (non-hydrogen) atoms. The van der Waals surface area contributed by atoms with Crippen LogP contribution in [0.3, 0.4) is 0 Å². The lowest BCUT2D eigenvalue weighted by atomic mass is 10.1. The van der Waals surface area contributed by atoms with E-state index in [1.165, 1.54) is 6.92 Å². The van der Waals surface area contributed by atoms with Crippen molar-refractivity contribution in [3.63, 3.8) is 0 Å². The van der Waals surface area contributed by atoms with E-state index < -0.39 is 32.9 Å². The van der Waals surface area contributed by atoms with Crippen LogP contribution >= 0.6 is 11.6 Å². The molecule has 1 aromatic carbocycles. The molecule has 0 aliphatic heterocycles. The monoisotopic (exact) mass is 288 g/mol. The highest BCUT2D eigenvalue weighted by Crippen LogP contribution is 2.52. The number of rotatable bonds is 4. The summed E-state index contributed by atoms with van der Waals surface area (Å²) in [6.45, 7) is 1.53. The second kappa shape index (κ2) is 4.55. The van der Waals surface area contributed by atoms with Crippen molar-refractivity contribution in [2.24, 2.45) is 5.92 Å². The second-order valence-corrected chi connectivity index (χ2v) is 7.24. The number of aliphatic carboxylic acids is 1. The number of hydrogen-bond acceptors (Lipinski definition) is 3. The summed E-state index contributed by atoms with van der Waals surface area (Å²) < 4.78 is 23.7. The first kappa shape index (κ1) is 13.4. The molecule has 0 saturated heterocycles. The minimum atomic E-state index is -3.34. The smallest absolute Gasteiger partial charge is 0.308 e. The Morgan fingerprint density at radius 1 is 1.33 bits per heavy atom. The Labute approximate surface area is 110 Å². The van der Waals surface area contributed by atoms with Gasteiger partial charge in [0.1, 0.15) is 0 Å². The Hall–Kier alpha value is -1.07. The predicted molar refractivity (Wildman–Crippen MR) is 68.6 cm³/mol. The molecular weight excluding hydrogens is 276 g/mol. The third-order valence-electron chi connectivity index (χ3n) is 3.31. The topological polar surface area (TPSA) is 71.4 Å². The van der Waals surface area contributed by atoms with Gasteiger partial charge in [0.25, 0.3) is 0 Å². The van der Waals surface area contributed by atoms with E-state index in [4.69, 9.17) is 16.7 Å². The number of benzene rings is 1. The molecule has 2 rings (SSSR count). The maximum atomic E-state index is 11.8. The third kappa shape index (κ3) is 2.24. The first-order chi connectivity index (χ1) is 8.38. The van der Waals surface area contributed by atoms with E-state index in [1.807, 2.05) is 0 Å². The fraction of sp³-hybridized carbons (Fsp3) is 0.417. The van der Waals surface area contributed by atoms with Gasteiger partial charge in [-0.2, -0.15) is 0 Å². The van der Waals surface area contributed by atoms with Gasteiger partial charge in [-0.05, 0) is 17.7 Å². The number of carboxylic acid groups (broad SMARTS) is 1.